The molecule has 0 atom stereocenters. The third-order valence-corrected chi connectivity index (χ3v) is 5.03. The molecule has 1 aliphatic rings. The van der Waals surface area contributed by atoms with Crippen molar-refractivity contribution in [1.29, 1.82) is 0 Å². The fourth-order valence-electron chi connectivity index (χ4n) is 3.09. The molecular weight excluding hydrogens is 342 g/mol. The second-order valence-corrected chi connectivity index (χ2v) is 8.02. The van der Waals surface area contributed by atoms with E-state index < -0.39 is 5.60 Å². The Morgan fingerprint density at radius 3 is 2.23 bits per heavy atom. The summed E-state index contributed by atoms with van der Waals surface area (Å²) in [6, 6.07) is 8.62. The Morgan fingerprint density at radius 2 is 1.77 bits per heavy atom. The van der Waals surface area contributed by atoms with Gasteiger partial charge in [0.25, 0.3) is 0 Å². The first-order chi connectivity index (χ1) is 10.3. The molecular formula is C18H26BrNO2. The summed E-state index contributed by atoms with van der Waals surface area (Å²) < 4.78 is 6.59. The average molecular weight is 368 g/mol. The van der Waals surface area contributed by atoms with Crippen LogP contribution < -0.4 is 0 Å². The lowest BCUT2D eigenvalue weighted by Gasteiger charge is -2.42. The Kier molecular flexibility index (Phi) is 5.21. The van der Waals surface area contributed by atoms with Crippen molar-refractivity contribution in [3.05, 3.63) is 34.3 Å². The molecule has 0 radical (unpaired) electrons. The third-order valence-electron chi connectivity index (χ3n) is 4.51. The molecule has 0 saturated carbocycles. The summed E-state index contributed by atoms with van der Waals surface area (Å²) in [6.45, 7) is 9.50. The molecule has 0 N–H and O–H groups in total. The van der Waals surface area contributed by atoms with Crippen LogP contribution in [0.2, 0.25) is 0 Å². The molecule has 0 unspecified atom stereocenters. The monoisotopic (exact) mass is 367 g/mol. The van der Waals surface area contributed by atoms with Crippen molar-refractivity contribution in [2.75, 3.05) is 13.1 Å². The van der Waals surface area contributed by atoms with E-state index in [0.29, 0.717) is 0 Å². The van der Waals surface area contributed by atoms with Gasteiger partial charge in [-0.05, 0) is 63.1 Å². The first-order valence-corrected chi connectivity index (χ1v) is 8.79. The molecule has 4 heteroatoms. The van der Waals surface area contributed by atoms with Gasteiger partial charge in [-0.15, -0.1) is 0 Å². The van der Waals surface area contributed by atoms with Gasteiger partial charge in [-0.1, -0.05) is 35.0 Å². The standard InChI is InChI=1S/C18H26BrNO2/c1-5-18(14-6-8-15(19)9-7-14)10-12-20(13-11-18)16(21)22-17(2,3)4/h6-9H,5,10-13H2,1-4H3. The highest BCUT2D eigenvalue weighted by molar-refractivity contribution is 9.10. The molecule has 1 aromatic rings. The SMILES string of the molecule is CCC1(c2ccc(Br)cc2)CCN(C(=O)OC(C)(C)C)CC1. The molecule has 2 rings (SSSR count). The summed E-state index contributed by atoms with van der Waals surface area (Å²) in [7, 11) is 0. The predicted octanol–water partition coefficient (Wildman–Crippen LogP) is 5.13. The Labute approximate surface area is 142 Å². The number of ether oxygens (including phenoxy) is 1. The summed E-state index contributed by atoms with van der Waals surface area (Å²) in [5.41, 5.74) is 1.13. The second-order valence-electron chi connectivity index (χ2n) is 7.11. The normalized spacial score (nSPS) is 18.1. The minimum atomic E-state index is -0.428. The maximum Gasteiger partial charge on any atom is 0.410 e. The molecule has 22 heavy (non-hydrogen) atoms. The number of halogens is 1. The summed E-state index contributed by atoms with van der Waals surface area (Å²) in [5.74, 6) is 0. The van der Waals surface area contributed by atoms with Gasteiger partial charge >= 0.3 is 6.09 Å². The number of rotatable bonds is 2. The van der Waals surface area contributed by atoms with Crippen molar-refractivity contribution >= 4 is 22.0 Å². The number of amides is 1. The fourth-order valence-corrected chi connectivity index (χ4v) is 3.36. The molecule has 1 heterocycles. The van der Waals surface area contributed by atoms with Crippen molar-refractivity contribution in [3.8, 4) is 0 Å². The minimum Gasteiger partial charge on any atom is -0.444 e. The first-order valence-electron chi connectivity index (χ1n) is 8.00. The molecule has 0 spiro atoms. The molecule has 1 fully saturated rings. The highest BCUT2D eigenvalue weighted by atomic mass is 79.9. The van der Waals surface area contributed by atoms with Crippen molar-refractivity contribution in [3.63, 3.8) is 0 Å². The van der Waals surface area contributed by atoms with Crippen molar-refractivity contribution in [1.82, 2.24) is 4.90 Å². The van der Waals surface area contributed by atoms with E-state index in [0.717, 1.165) is 36.8 Å². The average Bonchev–Trinajstić information content (AvgIpc) is 2.46. The molecule has 1 aromatic carbocycles. The smallest absolute Gasteiger partial charge is 0.410 e. The van der Waals surface area contributed by atoms with Crippen LogP contribution in [0.1, 0.15) is 52.5 Å². The van der Waals surface area contributed by atoms with E-state index in [4.69, 9.17) is 4.74 Å². The number of carbonyl (C=O) groups excluding carboxylic acids is 1. The fraction of sp³-hybridized carbons (Fsp3) is 0.611. The van der Waals surface area contributed by atoms with Gasteiger partial charge < -0.3 is 9.64 Å². The molecule has 0 aromatic heterocycles. The lowest BCUT2D eigenvalue weighted by atomic mass is 9.71. The van der Waals surface area contributed by atoms with Crippen LogP contribution in [-0.4, -0.2) is 29.7 Å². The van der Waals surface area contributed by atoms with Crippen LogP contribution in [-0.2, 0) is 10.2 Å². The van der Waals surface area contributed by atoms with Gasteiger partial charge in [-0.3, -0.25) is 0 Å². The van der Waals surface area contributed by atoms with Gasteiger partial charge in [0, 0.05) is 17.6 Å². The van der Waals surface area contributed by atoms with E-state index in [9.17, 15) is 4.79 Å². The summed E-state index contributed by atoms with van der Waals surface area (Å²) >= 11 is 3.50. The largest absolute Gasteiger partial charge is 0.444 e. The third kappa shape index (κ3) is 4.03. The summed E-state index contributed by atoms with van der Waals surface area (Å²) in [5, 5.41) is 0. The number of carbonyl (C=O) groups is 1. The molecule has 0 bridgehead atoms. The van der Waals surface area contributed by atoms with Crippen LogP contribution in [0.4, 0.5) is 4.79 Å². The summed E-state index contributed by atoms with van der Waals surface area (Å²) in [6.07, 6.45) is 2.89. The van der Waals surface area contributed by atoms with E-state index in [-0.39, 0.29) is 11.5 Å². The van der Waals surface area contributed by atoms with Gasteiger partial charge in [0.15, 0.2) is 0 Å². The lowest BCUT2D eigenvalue weighted by Crippen LogP contribution is -2.46. The lowest BCUT2D eigenvalue weighted by molar-refractivity contribution is 0.0161. The number of hydrogen-bond donors (Lipinski definition) is 0. The van der Waals surface area contributed by atoms with Crippen LogP contribution in [0.5, 0.6) is 0 Å². The predicted molar refractivity (Wildman–Crippen MR) is 93.2 cm³/mol. The van der Waals surface area contributed by atoms with Crippen LogP contribution in [0, 0.1) is 0 Å². The summed E-state index contributed by atoms with van der Waals surface area (Å²) in [4.78, 5) is 14.0. The van der Waals surface area contributed by atoms with Crippen LogP contribution in [0.15, 0.2) is 28.7 Å². The Morgan fingerprint density at radius 1 is 1.23 bits per heavy atom. The van der Waals surface area contributed by atoms with Crippen LogP contribution >= 0.6 is 15.9 Å². The van der Waals surface area contributed by atoms with E-state index in [2.05, 4.69) is 47.1 Å². The Hall–Kier alpha value is -1.03. The Bertz CT molecular complexity index is 511. The van der Waals surface area contributed by atoms with Crippen molar-refractivity contribution in [2.45, 2.75) is 58.0 Å². The molecule has 1 saturated heterocycles. The van der Waals surface area contributed by atoms with Gasteiger partial charge in [0.1, 0.15) is 5.60 Å². The van der Waals surface area contributed by atoms with Gasteiger partial charge in [-0.25, -0.2) is 4.79 Å². The molecule has 1 amide bonds. The highest BCUT2D eigenvalue weighted by Gasteiger charge is 2.37. The van der Waals surface area contributed by atoms with E-state index >= 15 is 0 Å². The van der Waals surface area contributed by atoms with Crippen molar-refractivity contribution < 1.29 is 9.53 Å². The van der Waals surface area contributed by atoms with Crippen LogP contribution in [0.25, 0.3) is 0 Å². The number of nitrogens with zero attached hydrogens (tertiary/aromatic N) is 1. The molecule has 0 aliphatic carbocycles. The number of piperidine rings is 1. The highest BCUT2D eigenvalue weighted by Crippen LogP contribution is 2.39. The van der Waals surface area contributed by atoms with E-state index in [1.54, 1.807) is 0 Å². The zero-order valence-electron chi connectivity index (χ0n) is 14.0. The zero-order valence-corrected chi connectivity index (χ0v) is 15.6. The second kappa shape index (κ2) is 6.61. The number of benzene rings is 1. The molecule has 122 valence electrons. The minimum absolute atomic E-state index is 0.180. The van der Waals surface area contributed by atoms with E-state index in [1.807, 2.05) is 25.7 Å². The zero-order chi connectivity index (χ0) is 16.4. The number of hydrogen-bond acceptors (Lipinski definition) is 2. The van der Waals surface area contributed by atoms with Gasteiger partial charge in [0.05, 0.1) is 0 Å². The topological polar surface area (TPSA) is 29.5 Å². The van der Waals surface area contributed by atoms with Gasteiger partial charge in [-0.2, -0.15) is 0 Å². The maximum atomic E-state index is 12.2. The quantitative estimate of drug-likeness (QED) is 0.724. The maximum absolute atomic E-state index is 12.2. The number of likely N-dealkylation sites (tertiary alicyclic amines) is 1. The van der Waals surface area contributed by atoms with E-state index in [1.165, 1.54) is 5.56 Å². The Balaban J connectivity index is 2.05. The van der Waals surface area contributed by atoms with Crippen LogP contribution in [0.3, 0.4) is 0 Å². The molecule has 1 aliphatic heterocycles. The first kappa shape index (κ1) is 17.3. The van der Waals surface area contributed by atoms with Crippen molar-refractivity contribution in [2.24, 2.45) is 0 Å². The molecule has 3 nitrogen and oxygen atoms in total. The van der Waals surface area contributed by atoms with Gasteiger partial charge in [0.2, 0.25) is 0 Å².